The number of rotatable bonds is 2. The van der Waals surface area contributed by atoms with Crippen molar-refractivity contribution in [3.05, 3.63) is 96.7 Å². The Hall–Kier alpha value is -3.55. The second-order valence-electron chi connectivity index (χ2n) is 6.46. The lowest BCUT2D eigenvalue weighted by Gasteiger charge is -2.32. The molecule has 132 valence electrons. The van der Waals surface area contributed by atoms with Crippen LogP contribution in [0.25, 0.3) is 11.3 Å². The van der Waals surface area contributed by atoms with E-state index in [1.54, 1.807) is 24.0 Å². The highest BCUT2D eigenvalue weighted by Gasteiger charge is 2.24. The molecule has 3 nitrogen and oxygen atoms in total. The molecule has 0 unspecified atom stereocenters. The second-order valence-corrected chi connectivity index (χ2v) is 7.55. The standard InChI is InChI=1S/C24H15N3S/c25-16-17-13-14-26-20(15-17)18-9-11-19(12-10-18)27-21-5-1-3-7-23(21)28-24-8-4-2-6-22(24)27/h1-15H. The van der Waals surface area contributed by atoms with Crippen LogP contribution in [0.5, 0.6) is 0 Å². The lowest BCUT2D eigenvalue weighted by atomic mass is 10.1. The third kappa shape index (κ3) is 2.83. The average Bonchev–Trinajstić information content (AvgIpc) is 2.77. The highest BCUT2D eigenvalue weighted by molar-refractivity contribution is 7.99. The predicted molar refractivity (Wildman–Crippen MR) is 113 cm³/mol. The highest BCUT2D eigenvalue weighted by Crippen LogP contribution is 2.51. The number of nitriles is 1. The number of benzene rings is 3. The molecule has 0 amide bonds. The molecule has 1 aliphatic heterocycles. The third-order valence-corrected chi connectivity index (χ3v) is 5.87. The summed E-state index contributed by atoms with van der Waals surface area (Å²) in [5.41, 5.74) is 5.88. The van der Waals surface area contributed by atoms with Crippen molar-refractivity contribution in [2.24, 2.45) is 0 Å². The van der Waals surface area contributed by atoms with Crippen molar-refractivity contribution in [1.29, 1.82) is 5.26 Å². The largest absolute Gasteiger partial charge is 0.308 e. The molecule has 5 rings (SSSR count). The SMILES string of the molecule is N#Cc1ccnc(-c2ccc(N3c4ccccc4Sc4ccccc43)cc2)c1. The number of pyridine rings is 1. The zero-order valence-corrected chi connectivity index (χ0v) is 15.7. The van der Waals surface area contributed by atoms with Gasteiger partial charge in [-0.25, -0.2) is 0 Å². The van der Waals surface area contributed by atoms with Gasteiger partial charge >= 0.3 is 0 Å². The molecule has 2 heterocycles. The Balaban J connectivity index is 1.59. The van der Waals surface area contributed by atoms with Gasteiger partial charge in [0.1, 0.15) is 0 Å². The number of hydrogen-bond donors (Lipinski definition) is 0. The van der Waals surface area contributed by atoms with Gasteiger partial charge in [0.15, 0.2) is 0 Å². The maximum absolute atomic E-state index is 9.12. The summed E-state index contributed by atoms with van der Waals surface area (Å²) in [6.45, 7) is 0. The summed E-state index contributed by atoms with van der Waals surface area (Å²) < 4.78 is 0. The molecule has 0 atom stereocenters. The van der Waals surface area contributed by atoms with Gasteiger partial charge in [0.25, 0.3) is 0 Å². The zero-order valence-electron chi connectivity index (χ0n) is 14.9. The molecule has 0 saturated heterocycles. The molecule has 0 N–H and O–H groups in total. The van der Waals surface area contributed by atoms with E-state index < -0.39 is 0 Å². The molecular formula is C24H15N3S. The first kappa shape index (κ1) is 16.6. The number of anilines is 3. The topological polar surface area (TPSA) is 39.9 Å². The van der Waals surface area contributed by atoms with Crippen molar-refractivity contribution in [3.8, 4) is 17.3 Å². The molecule has 0 fully saturated rings. The first-order valence-corrected chi connectivity index (χ1v) is 9.78. The third-order valence-electron chi connectivity index (χ3n) is 4.74. The smallest absolute Gasteiger partial charge is 0.0992 e. The Morgan fingerprint density at radius 3 is 2.07 bits per heavy atom. The molecule has 1 aliphatic rings. The average molecular weight is 377 g/mol. The van der Waals surface area contributed by atoms with Crippen LogP contribution in [0.2, 0.25) is 0 Å². The molecule has 28 heavy (non-hydrogen) atoms. The molecule has 0 saturated carbocycles. The van der Waals surface area contributed by atoms with Gasteiger partial charge in [0, 0.05) is 27.2 Å². The molecule has 1 aromatic heterocycles. The fourth-order valence-corrected chi connectivity index (χ4v) is 4.48. The summed E-state index contributed by atoms with van der Waals surface area (Å²) in [6.07, 6.45) is 1.68. The van der Waals surface area contributed by atoms with Gasteiger partial charge in [-0.3, -0.25) is 4.98 Å². The Bertz CT molecular complexity index is 1160. The van der Waals surface area contributed by atoms with Crippen LogP contribution in [-0.4, -0.2) is 4.98 Å². The molecule has 4 aromatic rings. The number of aromatic nitrogens is 1. The van der Waals surface area contributed by atoms with E-state index in [4.69, 9.17) is 5.26 Å². The predicted octanol–water partition coefficient (Wildman–Crippen LogP) is 6.55. The van der Waals surface area contributed by atoms with Gasteiger partial charge in [-0.15, -0.1) is 0 Å². The summed E-state index contributed by atoms with van der Waals surface area (Å²) in [4.78, 5) is 9.19. The van der Waals surface area contributed by atoms with Crippen LogP contribution >= 0.6 is 11.8 Å². The van der Waals surface area contributed by atoms with E-state index in [1.165, 1.54) is 21.2 Å². The highest BCUT2D eigenvalue weighted by atomic mass is 32.2. The Morgan fingerprint density at radius 2 is 1.43 bits per heavy atom. The van der Waals surface area contributed by atoms with E-state index in [9.17, 15) is 0 Å². The van der Waals surface area contributed by atoms with Gasteiger partial charge in [0.2, 0.25) is 0 Å². The van der Waals surface area contributed by atoms with Crippen LogP contribution in [0.3, 0.4) is 0 Å². The van der Waals surface area contributed by atoms with E-state index in [-0.39, 0.29) is 0 Å². The minimum atomic E-state index is 0.616. The van der Waals surface area contributed by atoms with Gasteiger partial charge in [-0.2, -0.15) is 5.26 Å². The summed E-state index contributed by atoms with van der Waals surface area (Å²) >= 11 is 1.80. The fourth-order valence-electron chi connectivity index (χ4n) is 3.42. The first-order valence-electron chi connectivity index (χ1n) is 8.96. The summed E-state index contributed by atoms with van der Waals surface area (Å²) in [5, 5.41) is 9.12. The van der Waals surface area contributed by atoms with Gasteiger partial charge in [-0.05, 0) is 48.5 Å². The van der Waals surface area contributed by atoms with Crippen molar-refractivity contribution in [1.82, 2.24) is 4.98 Å². The van der Waals surface area contributed by atoms with Gasteiger partial charge in [-0.1, -0.05) is 48.2 Å². The van der Waals surface area contributed by atoms with Crippen LogP contribution in [0, 0.1) is 11.3 Å². The summed E-state index contributed by atoms with van der Waals surface area (Å²) in [5.74, 6) is 0. The minimum Gasteiger partial charge on any atom is -0.308 e. The zero-order chi connectivity index (χ0) is 18.9. The number of nitrogens with zero attached hydrogens (tertiary/aromatic N) is 3. The maximum atomic E-state index is 9.12. The van der Waals surface area contributed by atoms with Crippen molar-refractivity contribution in [3.63, 3.8) is 0 Å². The van der Waals surface area contributed by atoms with Crippen LogP contribution in [-0.2, 0) is 0 Å². The van der Waals surface area contributed by atoms with Gasteiger partial charge in [0.05, 0.1) is 28.7 Å². The Labute approximate surface area is 167 Å². The molecule has 0 aliphatic carbocycles. The lowest BCUT2D eigenvalue weighted by molar-refractivity contribution is 1.17. The Kier molecular flexibility index (Phi) is 4.08. The van der Waals surface area contributed by atoms with E-state index >= 15 is 0 Å². The van der Waals surface area contributed by atoms with Crippen LogP contribution in [0.4, 0.5) is 17.1 Å². The van der Waals surface area contributed by atoms with Crippen LogP contribution < -0.4 is 4.90 Å². The van der Waals surface area contributed by atoms with Crippen molar-refractivity contribution < 1.29 is 0 Å². The first-order chi connectivity index (χ1) is 13.8. The second kappa shape index (κ2) is 6.88. The maximum Gasteiger partial charge on any atom is 0.0992 e. The lowest BCUT2D eigenvalue weighted by Crippen LogP contribution is -2.14. The fraction of sp³-hybridized carbons (Fsp3) is 0. The van der Waals surface area contributed by atoms with E-state index in [1.807, 2.05) is 6.07 Å². The van der Waals surface area contributed by atoms with E-state index in [2.05, 4.69) is 88.7 Å². The number of fused-ring (bicyclic) bond motifs is 2. The van der Waals surface area contributed by atoms with Crippen LogP contribution in [0.15, 0.2) is 101 Å². The van der Waals surface area contributed by atoms with Crippen molar-refractivity contribution in [2.75, 3.05) is 4.90 Å². The number of para-hydroxylation sites is 2. The molecule has 0 spiro atoms. The van der Waals surface area contributed by atoms with Crippen molar-refractivity contribution >= 4 is 28.8 Å². The normalized spacial score (nSPS) is 12.0. The monoisotopic (exact) mass is 377 g/mol. The molecular weight excluding hydrogens is 362 g/mol. The quantitative estimate of drug-likeness (QED) is 0.349. The summed E-state index contributed by atoms with van der Waals surface area (Å²) in [6, 6.07) is 31.0. The molecule has 0 radical (unpaired) electrons. The molecule has 0 bridgehead atoms. The molecule has 3 aromatic carbocycles. The van der Waals surface area contributed by atoms with Crippen molar-refractivity contribution in [2.45, 2.75) is 9.79 Å². The number of hydrogen-bond acceptors (Lipinski definition) is 4. The van der Waals surface area contributed by atoms with E-state index in [0.717, 1.165) is 16.9 Å². The van der Waals surface area contributed by atoms with Gasteiger partial charge < -0.3 is 4.90 Å². The molecule has 4 heteroatoms. The van der Waals surface area contributed by atoms with Crippen LogP contribution in [0.1, 0.15) is 5.56 Å². The minimum absolute atomic E-state index is 0.616. The van der Waals surface area contributed by atoms with E-state index in [0.29, 0.717) is 5.56 Å². The summed E-state index contributed by atoms with van der Waals surface area (Å²) in [7, 11) is 0. The Morgan fingerprint density at radius 1 is 0.786 bits per heavy atom.